The zero-order chi connectivity index (χ0) is 20.1. The van der Waals surface area contributed by atoms with Crippen LogP contribution >= 0.6 is 0 Å². The molecule has 1 N–H and O–H groups in total. The molecule has 2 aliphatic rings. The number of nitrogens with zero attached hydrogens (tertiary/aromatic N) is 1. The van der Waals surface area contributed by atoms with Crippen molar-refractivity contribution in [3.8, 4) is 5.75 Å². The van der Waals surface area contributed by atoms with Gasteiger partial charge in [0.25, 0.3) is 5.91 Å². The maximum absolute atomic E-state index is 12.6. The van der Waals surface area contributed by atoms with E-state index in [1.807, 2.05) is 19.1 Å². The Bertz CT molecular complexity index is 825. The summed E-state index contributed by atoms with van der Waals surface area (Å²) in [5.74, 6) is 0.800. The maximum atomic E-state index is 12.6. The van der Waals surface area contributed by atoms with E-state index in [0.717, 1.165) is 37.2 Å². The first-order valence-electron chi connectivity index (χ1n) is 11.1. The number of hydrogen-bond donors (Lipinski definition) is 1. The van der Waals surface area contributed by atoms with E-state index in [9.17, 15) is 4.79 Å². The molecule has 1 atom stereocenters. The summed E-state index contributed by atoms with van der Waals surface area (Å²) >= 11 is 0. The third kappa shape index (κ3) is 4.92. The lowest BCUT2D eigenvalue weighted by atomic mass is 9.91. The second-order valence-electron chi connectivity index (χ2n) is 8.29. The molecule has 4 heteroatoms. The Morgan fingerprint density at radius 1 is 1.00 bits per heavy atom. The highest BCUT2D eigenvalue weighted by Crippen LogP contribution is 2.30. The first-order chi connectivity index (χ1) is 14.2. The van der Waals surface area contributed by atoms with Crippen LogP contribution in [-0.2, 0) is 24.2 Å². The zero-order valence-electron chi connectivity index (χ0n) is 17.5. The Balaban J connectivity index is 1.30. The number of nitrogens with one attached hydrogen (secondary N) is 1. The Morgan fingerprint density at radius 2 is 1.76 bits per heavy atom. The van der Waals surface area contributed by atoms with Gasteiger partial charge in [0.15, 0.2) is 6.10 Å². The predicted octanol–water partition coefficient (Wildman–Crippen LogP) is 4.64. The van der Waals surface area contributed by atoms with Crippen LogP contribution in [0.3, 0.4) is 0 Å². The van der Waals surface area contributed by atoms with Crippen LogP contribution in [-0.4, -0.2) is 25.1 Å². The fraction of sp³-hybridized carbons (Fsp3) is 0.480. The van der Waals surface area contributed by atoms with E-state index in [-0.39, 0.29) is 5.91 Å². The molecule has 1 heterocycles. The van der Waals surface area contributed by atoms with Crippen molar-refractivity contribution >= 4 is 11.6 Å². The van der Waals surface area contributed by atoms with Gasteiger partial charge in [-0.05, 0) is 86.8 Å². The van der Waals surface area contributed by atoms with Gasteiger partial charge < -0.3 is 15.0 Å². The van der Waals surface area contributed by atoms with Crippen molar-refractivity contribution in [3.63, 3.8) is 0 Å². The molecule has 1 aliphatic heterocycles. The van der Waals surface area contributed by atoms with Crippen LogP contribution in [0.1, 0.15) is 55.7 Å². The van der Waals surface area contributed by atoms with Gasteiger partial charge in [0.2, 0.25) is 0 Å². The Kier molecular flexibility index (Phi) is 6.38. The quantitative estimate of drug-likeness (QED) is 0.779. The highest BCUT2D eigenvalue weighted by Gasteiger charge is 2.19. The summed E-state index contributed by atoms with van der Waals surface area (Å²) in [6, 6.07) is 14.8. The van der Waals surface area contributed by atoms with Gasteiger partial charge in [-0.15, -0.1) is 0 Å². The number of carbonyl (C=O) groups is 1. The summed E-state index contributed by atoms with van der Waals surface area (Å²) in [7, 11) is 0. The van der Waals surface area contributed by atoms with Crippen LogP contribution in [0.25, 0.3) is 0 Å². The number of amides is 1. The normalized spacial score (nSPS) is 17.3. The number of hydrogen-bond acceptors (Lipinski definition) is 3. The second kappa shape index (κ2) is 9.34. The molecular formula is C25H32N2O2. The molecule has 0 bridgehead atoms. The summed E-state index contributed by atoms with van der Waals surface area (Å²) in [4.78, 5) is 15.0. The van der Waals surface area contributed by atoms with E-state index in [2.05, 4.69) is 40.5 Å². The average molecular weight is 393 g/mol. The molecule has 4 rings (SSSR count). The molecule has 0 saturated carbocycles. The van der Waals surface area contributed by atoms with E-state index in [4.69, 9.17) is 4.74 Å². The monoisotopic (exact) mass is 392 g/mol. The first kappa shape index (κ1) is 19.8. The third-order valence-electron chi connectivity index (χ3n) is 6.15. The van der Waals surface area contributed by atoms with Crippen molar-refractivity contribution in [2.24, 2.45) is 0 Å². The van der Waals surface area contributed by atoms with Gasteiger partial charge in [-0.25, -0.2) is 0 Å². The highest BCUT2D eigenvalue weighted by molar-refractivity contribution is 5.80. The summed E-state index contributed by atoms with van der Waals surface area (Å²) in [6.45, 7) is 4.65. The molecule has 2 aromatic carbocycles. The molecule has 29 heavy (non-hydrogen) atoms. The standard InChI is InChI=1S/C25H32N2O2/c1-19(29-24-11-7-9-21-8-3-4-10-23(21)24)25(28)26-18-20-12-14-22(15-13-20)27-16-5-2-6-17-27/h7,9,11-15,19H,2-6,8,10,16-18H2,1H3,(H,26,28)/t19-/m1/s1. The second-order valence-corrected chi connectivity index (χ2v) is 8.29. The molecule has 0 aromatic heterocycles. The smallest absolute Gasteiger partial charge is 0.261 e. The van der Waals surface area contributed by atoms with Crippen LogP contribution in [0.4, 0.5) is 5.69 Å². The Hall–Kier alpha value is -2.49. The molecule has 154 valence electrons. The van der Waals surface area contributed by atoms with Crippen LogP contribution < -0.4 is 15.0 Å². The zero-order valence-corrected chi connectivity index (χ0v) is 17.5. The fourth-order valence-electron chi connectivity index (χ4n) is 4.41. The number of rotatable bonds is 6. The first-order valence-corrected chi connectivity index (χ1v) is 11.1. The van der Waals surface area contributed by atoms with Crippen molar-refractivity contribution in [2.75, 3.05) is 18.0 Å². The number of carbonyl (C=O) groups excluding carboxylic acids is 1. The van der Waals surface area contributed by atoms with Gasteiger partial charge in [0.1, 0.15) is 5.75 Å². The number of fused-ring (bicyclic) bond motifs is 1. The third-order valence-corrected chi connectivity index (χ3v) is 6.15. The van der Waals surface area contributed by atoms with Crippen LogP contribution in [0.2, 0.25) is 0 Å². The SMILES string of the molecule is C[C@@H](Oc1cccc2c1CCCC2)C(=O)NCc1ccc(N2CCCCC2)cc1. The van der Waals surface area contributed by atoms with Gasteiger partial charge >= 0.3 is 0 Å². The highest BCUT2D eigenvalue weighted by atomic mass is 16.5. The van der Waals surface area contributed by atoms with Crippen LogP contribution in [0.15, 0.2) is 42.5 Å². The Labute approximate surface area is 174 Å². The van der Waals surface area contributed by atoms with Crippen LogP contribution in [0, 0.1) is 0 Å². The summed E-state index contributed by atoms with van der Waals surface area (Å²) in [5, 5.41) is 3.02. The van der Waals surface area contributed by atoms with E-state index in [0.29, 0.717) is 6.54 Å². The van der Waals surface area contributed by atoms with Gasteiger partial charge in [0.05, 0.1) is 0 Å². The topological polar surface area (TPSA) is 41.6 Å². The number of benzene rings is 2. The van der Waals surface area contributed by atoms with E-state index in [1.54, 1.807) is 0 Å². The molecule has 1 saturated heterocycles. The minimum absolute atomic E-state index is 0.0708. The van der Waals surface area contributed by atoms with Crippen molar-refractivity contribution in [1.29, 1.82) is 0 Å². The van der Waals surface area contributed by atoms with Gasteiger partial charge in [-0.2, -0.15) is 0 Å². The molecule has 1 fully saturated rings. The molecule has 0 unspecified atom stereocenters. The minimum atomic E-state index is -0.504. The molecule has 4 nitrogen and oxygen atoms in total. The van der Waals surface area contributed by atoms with E-state index >= 15 is 0 Å². The molecule has 2 aromatic rings. The maximum Gasteiger partial charge on any atom is 0.261 e. The van der Waals surface area contributed by atoms with Gasteiger partial charge in [-0.3, -0.25) is 4.79 Å². The number of piperidine rings is 1. The number of ether oxygens (including phenoxy) is 1. The molecule has 0 radical (unpaired) electrons. The van der Waals surface area contributed by atoms with Gasteiger partial charge in [-0.1, -0.05) is 24.3 Å². The number of aryl methyl sites for hydroxylation is 1. The lowest BCUT2D eigenvalue weighted by Crippen LogP contribution is -2.36. The molecule has 0 spiro atoms. The Morgan fingerprint density at radius 3 is 2.55 bits per heavy atom. The lowest BCUT2D eigenvalue weighted by molar-refractivity contribution is -0.127. The van der Waals surface area contributed by atoms with Crippen LogP contribution in [0.5, 0.6) is 5.75 Å². The molecule has 1 aliphatic carbocycles. The summed E-state index contributed by atoms with van der Waals surface area (Å²) in [5.41, 5.74) is 5.05. The fourth-order valence-corrected chi connectivity index (χ4v) is 4.41. The van der Waals surface area contributed by atoms with E-state index < -0.39 is 6.10 Å². The summed E-state index contributed by atoms with van der Waals surface area (Å²) < 4.78 is 6.04. The van der Waals surface area contributed by atoms with Crippen molar-refractivity contribution in [3.05, 3.63) is 59.2 Å². The van der Waals surface area contributed by atoms with Gasteiger partial charge in [0, 0.05) is 25.3 Å². The molecular weight excluding hydrogens is 360 g/mol. The van der Waals surface area contributed by atoms with E-state index in [1.165, 1.54) is 48.9 Å². The lowest BCUT2D eigenvalue weighted by Gasteiger charge is -2.28. The largest absolute Gasteiger partial charge is 0.481 e. The van der Waals surface area contributed by atoms with Crippen molar-refractivity contribution in [2.45, 2.75) is 64.5 Å². The average Bonchev–Trinajstić information content (AvgIpc) is 2.78. The number of anilines is 1. The molecule has 1 amide bonds. The minimum Gasteiger partial charge on any atom is -0.481 e. The van der Waals surface area contributed by atoms with Crippen molar-refractivity contribution in [1.82, 2.24) is 5.32 Å². The van der Waals surface area contributed by atoms with Crippen molar-refractivity contribution < 1.29 is 9.53 Å². The summed E-state index contributed by atoms with van der Waals surface area (Å²) in [6.07, 6.45) is 7.98. The predicted molar refractivity (Wildman–Crippen MR) is 118 cm³/mol.